The van der Waals surface area contributed by atoms with Crippen LogP contribution in [0.5, 0.6) is 0 Å². The maximum atomic E-state index is 15.5. The molecule has 2 N–H and O–H groups in total. The second-order valence-electron chi connectivity index (χ2n) is 7.99. The van der Waals surface area contributed by atoms with Gasteiger partial charge in [-0.15, -0.1) is 0 Å². The molecule has 1 aromatic carbocycles. The van der Waals surface area contributed by atoms with Crippen LogP contribution in [0.25, 0.3) is 38.9 Å². The minimum atomic E-state index is -1.10. The summed E-state index contributed by atoms with van der Waals surface area (Å²) in [6.07, 6.45) is 6.83. The first-order valence-corrected chi connectivity index (χ1v) is 10.5. The molecule has 4 aromatic heterocycles. The van der Waals surface area contributed by atoms with Gasteiger partial charge in [0.25, 0.3) is 0 Å². The van der Waals surface area contributed by atoms with Gasteiger partial charge >= 0.3 is 0 Å². The molecular formula is C22H15ClF2N6O2. The number of imidazole rings is 1. The number of anilines is 1. The topological polar surface area (TPSA) is 101 Å². The van der Waals surface area contributed by atoms with Crippen LogP contribution >= 0.6 is 11.6 Å². The van der Waals surface area contributed by atoms with Crippen LogP contribution in [-0.4, -0.2) is 36.6 Å². The van der Waals surface area contributed by atoms with Crippen molar-refractivity contribution in [2.24, 2.45) is 5.92 Å². The highest BCUT2D eigenvalue weighted by atomic mass is 35.5. The molecule has 0 spiro atoms. The van der Waals surface area contributed by atoms with Crippen LogP contribution in [0.15, 0.2) is 41.5 Å². The van der Waals surface area contributed by atoms with E-state index >= 15 is 4.39 Å². The molecule has 2 unspecified atom stereocenters. The lowest BCUT2D eigenvalue weighted by Gasteiger charge is -2.11. The summed E-state index contributed by atoms with van der Waals surface area (Å²) < 4.78 is 35.6. The summed E-state index contributed by atoms with van der Waals surface area (Å²) in [5.74, 6) is -0.757. The molecule has 1 saturated carbocycles. The van der Waals surface area contributed by atoms with Crippen molar-refractivity contribution in [1.29, 1.82) is 0 Å². The Morgan fingerprint density at radius 2 is 2.15 bits per heavy atom. The van der Waals surface area contributed by atoms with Crippen molar-refractivity contribution in [3.63, 3.8) is 0 Å². The Balaban J connectivity index is 1.45. The van der Waals surface area contributed by atoms with E-state index in [9.17, 15) is 9.18 Å². The molecule has 8 nitrogen and oxygen atoms in total. The van der Waals surface area contributed by atoms with Gasteiger partial charge in [0.15, 0.2) is 17.3 Å². The second kappa shape index (κ2) is 7.11. The number of aryl methyl sites for hydroxylation is 1. The third-order valence-electron chi connectivity index (χ3n) is 5.71. The largest absolute Gasteiger partial charge is 0.469 e. The van der Waals surface area contributed by atoms with E-state index in [0.717, 1.165) is 0 Å². The Morgan fingerprint density at radius 3 is 2.88 bits per heavy atom. The predicted octanol–water partition coefficient (Wildman–Crippen LogP) is 4.93. The molecule has 33 heavy (non-hydrogen) atoms. The Hall–Kier alpha value is -3.79. The molecule has 6 rings (SSSR count). The van der Waals surface area contributed by atoms with Gasteiger partial charge < -0.3 is 14.1 Å². The van der Waals surface area contributed by atoms with E-state index in [-0.39, 0.29) is 22.8 Å². The standard InChI is InChI=1S/C22H15ClF2N6O2/c1-9-2-10(8-33-9)17-20(25)19(23)18(12-4-27-30-21(12)17)14-6-31-7-15(28-16(31)5-26-14)29-22(32)11-3-13(11)24/h2,4-8,11,13H,3H2,1H3,(H,27,30)(H,29,32). The van der Waals surface area contributed by atoms with Crippen molar-refractivity contribution in [2.75, 3.05) is 5.32 Å². The molecule has 1 aliphatic carbocycles. The summed E-state index contributed by atoms with van der Waals surface area (Å²) >= 11 is 6.50. The number of benzene rings is 1. The number of rotatable bonds is 4. The summed E-state index contributed by atoms with van der Waals surface area (Å²) in [7, 11) is 0. The van der Waals surface area contributed by atoms with E-state index in [1.807, 2.05) is 0 Å². The Bertz CT molecular complexity index is 1570. The maximum absolute atomic E-state index is 15.5. The molecule has 166 valence electrons. The first-order chi connectivity index (χ1) is 15.9. The number of H-pyrrole nitrogens is 1. The van der Waals surface area contributed by atoms with Crippen molar-refractivity contribution in [3.05, 3.63) is 53.7 Å². The highest BCUT2D eigenvalue weighted by Crippen LogP contribution is 2.42. The average molecular weight is 469 g/mol. The van der Waals surface area contributed by atoms with Crippen molar-refractivity contribution in [1.82, 2.24) is 24.6 Å². The number of fused-ring (bicyclic) bond motifs is 2. The van der Waals surface area contributed by atoms with Crippen molar-refractivity contribution in [3.8, 4) is 22.4 Å². The molecule has 2 atom stereocenters. The summed E-state index contributed by atoms with van der Waals surface area (Å²) in [5.41, 5.74) is 2.45. The zero-order valence-corrected chi connectivity index (χ0v) is 17.8. The molecule has 4 heterocycles. The van der Waals surface area contributed by atoms with Gasteiger partial charge in [0.05, 0.1) is 47.0 Å². The first kappa shape index (κ1) is 19.9. The lowest BCUT2D eigenvalue weighted by atomic mass is 9.99. The molecule has 0 saturated heterocycles. The van der Waals surface area contributed by atoms with Gasteiger partial charge in [-0.2, -0.15) is 5.10 Å². The summed E-state index contributed by atoms with van der Waals surface area (Å²) in [6, 6.07) is 1.72. The minimum absolute atomic E-state index is 0.110. The number of nitrogens with one attached hydrogen (secondary N) is 2. The molecule has 0 bridgehead atoms. The average Bonchev–Trinajstić information content (AvgIpc) is 3.16. The molecule has 0 radical (unpaired) electrons. The molecule has 1 fully saturated rings. The zero-order chi connectivity index (χ0) is 22.9. The number of hydrogen-bond acceptors (Lipinski definition) is 5. The number of carbonyl (C=O) groups is 1. The van der Waals surface area contributed by atoms with Gasteiger partial charge in [0.2, 0.25) is 5.91 Å². The first-order valence-electron chi connectivity index (χ1n) is 10.1. The van der Waals surface area contributed by atoms with Gasteiger partial charge in [-0.1, -0.05) is 11.6 Å². The number of nitrogens with zero attached hydrogens (tertiary/aromatic N) is 4. The fraction of sp³-hybridized carbons (Fsp3) is 0.182. The van der Waals surface area contributed by atoms with Gasteiger partial charge in [-0.25, -0.2) is 13.8 Å². The SMILES string of the molecule is Cc1cc(-c2c(F)c(Cl)c(-c3cn4cc(NC(=O)C5CC5F)nc4cn3)c3cn[nH]c23)co1. The van der Waals surface area contributed by atoms with Gasteiger partial charge in [-0.05, 0) is 19.4 Å². The smallest absolute Gasteiger partial charge is 0.231 e. The Morgan fingerprint density at radius 1 is 1.33 bits per heavy atom. The van der Waals surface area contributed by atoms with Crippen LogP contribution in [0.4, 0.5) is 14.6 Å². The van der Waals surface area contributed by atoms with Crippen LogP contribution in [0, 0.1) is 18.7 Å². The number of alkyl halides is 1. The number of aromatic amines is 1. The van der Waals surface area contributed by atoms with E-state index in [4.69, 9.17) is 16.0 Å². The van der Waals surface area contributed by atoms with Crippen LogP contribution in [-0.2, 0) is 4.79 Å². The minimum Gasteiger partial charge on any atom is -0.469 e. The number of amides is 1. The number of halogens is 3. The summed E-state index contributed by atoms with van der Waals surface area (Å²) in [5, 5.41) is 10.0. The zero-order valence-electron chi connectivity index (χ0n) is 17.1. The van der Waals surface area contributed by atoms with Crippen molar-refractivity contribution in [2.45, 2.75) is 19.5 Å². The second-order valence-corrected chi connectivity index (χ2v) is 8.37. The Kier molecular flexibility index (Phi) is 4.28. The lowest BCUT2D eigenvalue weighted by molar-refractivity contribution is -0.117. The summed E-state index contributed by atoms with van der Waals surface area (Å²) in [4.78, 5) is 20.7. The van der Waals surface area contributed by atoms with Crippen LogP contribution < -0.4 is 5.32 Å². The maximum Gasteiger partial charge on any atom is 0.231 e. The number of aromatic nitrogens is 5. The molecule has 5 aromatic rings. The lowest BCUT2D eigenvalue weighted by Crippen LogP contribution is -2.15. The van der Waals surface area contributed by atoms with Crippen LogP contribution in [0.3, 0.4) is 0 Å². The van der Waals surface area contributed by atoms with Crippen LogP contribution in [0.2, 0.25) is 5.02 Å². The highest BCUT2D eigenvalue weighted by Gasteiger charge is 2.43. The van der Waals surface area contributed by atoms with Crippen molar-refractivity contribution >= 4 is 39.9 Å². The van der Waals surface area contributed by atoms with E-state index in [2.05, 4.69) is 25.5 Å². The molecule has 1 amide bonds. The number of carbonyl (C=O) groups excluding carboxylic acids is 1. The van der Waals surface area contributed by atoms with Crippen molar-refractivity contribution < 1.29 is 18.0 Å². The third kappa shape index (κ3) is 3.17. The van der Waals surface area contributed by atoms with Gasteiger partial charge in [0, 0.05) is 28.3 Å². The molecular weight excluding hydrogens is 454 g/mol. The normalized spacial score (nSPS) is 17.7. The molecule has 0 aliphatic heterocycles. The van der Waals surface area contributed by atoms with Gasteiger partial charge in [0.1, 0.15) is 11.9 Å². The quantitative estimate of drug-likeness (QED) is 0.389. The molecule has 1 aliphatic rings. The third-order valence-corrected chi connectivity index (χ3v) is 6.06. The van der Waals surface area contributed by atoms with E-state index in [1.165, 1.54) is 12.5 Å². The predicted molar refractivity (Wildman–Crippen MR) is 117 cm³/mol. The fourth-order valence-electron chi connectivity index (χ4n) is 3.95. The Labute approximate surface area is 189 Å². The monoisotopic (exact) mass is 468 g/mol. The molecule has 11 heteroatoms. The van der Waals surface area contributed by atoms with E-state index < -0.39 is 23.8 Å². The fourth-order valence-corrected chi connectivity index (χ4v) is 4.25. The van der Waals surface area contributed by atoms with E-state index in [1.54, 1.807) is 36.0 Å². The number of hydrogen-bond donors (Lipinski definition) is 2. The van der Waals surface area contributed by atoms with E-state index in [0.29, 0.717) is 39.1 Å². The summed E-state index contributed by atoms with van der Waals surface area (Å²) in [6.45, 7) is 1.77. The van der Waals surface area contributed by atoms with Crippen LogP contribution in [0.1, 0.15) is 12.2 Å². The highest BCUT2D eigenvalue weighted by molar-refractivity contribution is 6.36. The number of furan rings is 1. The van der Waals surface area contributed by atoms with Gasteiger partial charge in [-0.3, -0.25) is 14.9 Å².